The van der Waals surface area contributed by atoms with Crippen molar-refractivity contribution in [1.29, 1.82) is 0 Å². The van der Waals surface area contributed by atoms with Crippen LogP contribution in [0.15, 0.2) is 0 Å². The van der Waals surface area contributed by atoms with Crippen LogP contribution >= 0.6 is 0 Å². The van der Waals surface area contributed by atoms with E-state index in [-0.39, 0.29) is 11.9 Å². The lowest BCUT2D eigenvalue weighted by Crippen LogP contribution is -2.42. The average molecular weight is 129 g/mol. The van der Waals surface area contributed by atoms with E-state index in [4.69, 9.17) is 10.5 Å². The van der Waals surface area contributed by atoms with Crippen LogP contribution in [0, 0.1) is 5.92 Å². The third kappa shape index (κ3) is 1.21. The Hall–Kier alpha value is -0.570. The molecule has 9 heavy (non-hydrogen) atoms. The highest BCUT2D eigenvalue weighted by Crippen LogP contribution is 2.12. The van der Waals surface area contributed by atoms with Crippen LogP contribution in [-0.4, -0.2) is 18.6 Å². The summed E-state index contributed by atoms with van der Waals surface area (Å²) in [6.45, 7) is 2.50. The first kappa shape index (κ1) is 6.55. The predicted molar refractivity (Wildman–Crippen MR) is 32.7 cm³/mol. The first-order chi connectivity index (χ1) is 4.22. The molecule has 1 rings (SSSR count). The molecular weight excluding hydrogens is 118 g/mol. The van der Waals surface area contributed by atoms with E-state index in [1.807, 2.05) is 6.92 Å². The van der Waals surface area contributed by atoms with Gasteiger partial charge in [0.05, 0.1) is 6.61 Å². The van der Waals surface area contributed by atoms with Gasteiger partial charge in [0.1, 0.15) is 6.04 Å². The molecule has 1 aliphatic heterocycles. The SMILES string of the molecule is CC1CCOC(=O)C1N. The third-order valence-corrected chi connectivity index (χ3v) is 1.70. The first-order valence-electron chi connectivity index (χ1n) is 3.14. The van der Waals surface area contributed by atoms with E-state index >= 15 is 0 Å². The number of hydrogen-bond acceptors (Lipinski definition) is 3. The van der Waals surface area contributed by atoms with E-state index in [2.05, 4.69) is 0 Å². The zero-order chi connectivity index (χ0) is 6.85. The topological polar surface area (TPSA) is 52.3 Å². The number of nitrogens with two attached hydrogens (primary N) is 1. The molecule has 0 spiro atoms. The number of carbonyl (C=O) groups excluding carboxylic acids is 1. The van der Waals surface area contributed by atoms with E-state index < -0.39 is 6.04 Å². The van der Waals surface area contributed by atoms with Gasteiger partial charge in [-0.1, -0.05) is 6.92 Å². The average Bonchev–Trinajstić information content (AvgIpc) is 1.83. The molecule has 0 radical (unpaired) electrons. The summed E-state index contributed by atoms with van der Waals surface area (Å²) in [6.07, 6.45) is 0.896. The molecule has 1 aliphatic rings. The molecule has 2 unspecified atom stereocenters. The largest absolute Gasteiger partial charge is 0.465 e. The van der Waals surface area contributed by atoms with Crippen LogP contribution in [0.25, 0.3) is 0 Å². The summed E-state index contributed by atoms with van der Waals surface area (Å²) in [5.74, 6) is 0.0278. The lowest BCUT2D eigenvalue weighted by Gasteiger charge is -2.23. The normalized spacial score (nSPS) is 36.0. The van der Waals surface area contributed by atoms with Gasteiger partial charge in [0.15, 0.2) is 0 Å². The molecular formula is C6H11NO2. The Morgan fingerprint density at radius 3 is 2.89 bits per heavy atom. The fourth-order valence-corrected chi connectivity index (χ4v) is 0.854. The van der Waals surface area contributed by atoms with E-state index in [9.17, 15) is 4.79 Å². The lowest BCUT2D eigenvalue weighted by molar-refractivity contribution is -0.151. The van der Waals surface area contributed by atoms with Crippen molar-refractivity contribution in [2.75, 3.05) is 6.61 Å². The minimum absolute atomic E-state index is 0.256. The number of esters is 1. The fraction of sp³-hybridized carbons (Fsp3) is 0.833. The number of hydrogen-bond donors (Lipinski definition) is 1. The van der Waals surface area contributed by atoms with Crippen LogP contribution in [0.4, 0.5) is 0 Å². The Balaban J connectivity index is 2.51. The van der Waals surface area contributed by atoms with Gasteiger partial charge in [-0.15, -0.1) is 0 Å². The smallest absolute Gasteiger partial charge is 0.323 e. The Labute approximate surface area is 54.2 Å². The van der Waals surface area contributed by atoms with Crippen molar-refractivity contribution >= 4 is 5.97 Å². The Kier molecular flexibility index (Phi) is 1.71. The minimum atomic E-state index is -0.390. The van der Waals surface area contributed by atoms with Crippen LogP contribution in [0.5, 0.6) is 0 Å². The van der Waals surface area contributed by atoms with Gasteiger partial charge >= 0.3 is 5.97 Å². The standard InChI is InChI=1S/C6H11NO2/c1-4-2-3-9-6(8)5(4)7/h4-5H,2-3,7H2,1H3. The lowest BCUT2D eigenvalue weighted by atomic mass is 9.98. The molecule has 0 aromatic heterocycles. The zero-order valence-electron chi connectivity index (χ0n) is 5.46. The second-order valence-electron chi connectivity index (χ2n) is 2.46. The number of carbonyl (C=O) groups is 1. The number of cyclic esters (lactones) is 1. The van der Waals surface area contributed by atoms with Crippen molar-refractivity contribution in [3.05, 3.63) is 0 Å². The van der Waals surface area contributed by atoms with Crippen molar-refractivity contribution in [3.63, 3.8) is 0 Å². The fourth-order valence-electron chi connectivity index (χ4n) is 0.854. The van der Waals surface area contributed by atoms with E-state index in [1.165, 1.54) is 0 Å². The molecule has 1 heterocycles. The molecule has 0 aliphatic carbocycles. The Bertz CT molecular complexity index is 124. The summed E-state index contributed by atoms with van der Waals surface area (Å²) < 4.78 is 4.70. The molecule has 0 bridgehead atoms. The predicted octanol–water partition coefficient (Wildman–Crippen LogP) is -0.103. The molecule has 1 fully saturated rings. The maximum absolute atomic E-state index is 10.7. The highest BCUT2D eigenvalue weighted by atomic mass is 16.5. The summed E-state index contributed by atoms with van der Waals surface area (Å²) >= 11 is 0. The van der Waals surface area contributed by atoms with Crippen molar-refractivity contribution in [3.8, 4) is 0 Å². The summed E-state index contributed by atoms with van der Waals surface area (Å²) in [5, 5.41) is 0. The Morgan fingerprint density at radius 1 is 1.78 bits per heavy atom. The zero-order valence-corrected chi connectivity index (χ0v) is 5.46. The van der Waals surface area contributed by atoms with Gasteiger partial charge in [-0.3, -0.25) is 4.79 Å². The molecule has 2 N–H and O–H groups in total. The van der Waals surface area contributed by atoms with Crippen molar-refractivity contribution in [2.45, 2.75) is 19.4 Å². The minimum Gasteiger partial charge on any atom is -0.465 e. The van der Waals surface area contributed by atoms with Crippen LogP contribution in [0.2, 0.25) is 0 Å². The molecule has 0 aromatic carbocycles. The molecule has 3 nitrogen and oxygen atoms in total. The summed E-state index contributed by atoms with van der Waals surface area (Å²) in [6, 6.07) is -0.390. The highest BCUT2D eigenvalue weighted by Gasteiger charge is 2.26. The van der Waals surface area contributed by atoms with Crippen molar-refractivity contribution in [2.24, 2.45) is 11.7 Å². The van der Waals surface area contributed by atoms with Crippen LogP contribution < -0.4 is 5.73 Å². The maximum Gasteiger partial charge on any atom is 0.323 e. The van der Waals surface area contributed by atoms with Crippen molar-refractivity contribution < 1.29 is 9.53 Å². The quantitative estimate of drug-likeness (QED) is 0.464. The van der Waals surface area contributed by atoms with Gasteiger partial charge in [-0.2, -0.15) is 0 Å². The van der Waals surface area contributed by atoms with E-state index in [0.29, 0.717) is 6.61 Å². The van der Waals surface area contributed by atoms with Gasteiger partial charge in [-0.05, 0) is 12.3 Å². The van der Waals surface area contributed by atoms with Gasteiger partial charge in [0.2, 0.25) is 0 Å². The highest BCUT2D eigenvalue weighted by molar-refractivity contribution is 5.76. The van der Waals surface area contributed by atoms with E-state index in [1.54, 1.807) is 0 Å². The van der Waals surface area contributed by atoms with Gasteiger partial charge < -0.3 is 10.5 Å². The summed E-state index contributed by atoms with van der Waals surface area (Å²) in [5.41, 5.74) is 5.45. The second-order valence-corrected chi connectivity index (χ2v) is 2.46. The molecule has 0 saturated carbocycles. The Morgan fingerprint density at radius 2 is 2.44 bits per heavy atom. The van der Waals surface area contributed by atoms with Crippen LogP contribution in [0.1, 0.15) is 13.3 Å². The van der Waals surface area contributed by atoms with Gasteiger partial charge in [0.25, 0.3) is 0 Å². The first-order valence-corrected chi connectivity index (χ1v) is 3.14. The molecule has 3 heteroatoms. The van der Waals surface area contributed by atoms with E-state index in [0.717, 1.165) is 6.42 Å². The molecule has 2 atom stereocenters. The second kappa shape index (κ2) is 2.35. The molecule has 0 aromatic rings. The summed E-state index contributed by atoms with van der Waals surface area (Å²) in [4.78, 5) is 10.7. The van der Waals surface area contributed by atoms with Crippen LogP contribution in [-0.2, 0) is 9.53 Å². The maximum atomic E-state index is 10.7. The van der Waals surface area contributed by atoms with Gasteiger partial charge in [-0.25, -0.2) is 0 Å². The third-order valence-electron chi connectivity index (χ3n) is 1.70. The number of ether oxygens (including phenoxy) is 1. The summed E-state index contributed by atoms with van der Waals surface area (Å²) in [7, 11) is 0. The number of rotatable bonds is 0. The van der Waals surface area contributed by atoms with Gasteiger partial charge in [0, 0.05) is 0 Å². The van der Waals surface area contributed by atoms with Crippen molar-refractivity contribution in [1.82, 2.24) is 0 Å². The molecule has 52 valence electrons. The van der Waals surface area contributed by atoms with Crippen LogP contribution in [0.3, 0.4) is 0 Å². The molecule has 1 saturated heterocycles. The molecule has 0 amide bonds. The monoisotopic (exact) mass is 129 g/mol.